The van der Waals surface area contributed by atoms with E-state index in [0.717, 1.165) is 11.3 Å². The van der Waals surface area contributed by atoms with Gasteiger partial charge in [-0.15, -0.1) is 24.8 Å². The first kappa shape index (κ1) is 18.5. The first-order valence-corrected chi connectivity index (χ1v) is 4.99. The summed E-state index contributed by atoms with van der Waals surface area (Å²) >= 11 is 0. The summed E-state index contributed by atoms with van der Waals surface area (Å²) in [5.74, 6) is -0.0218. The first-order chi connectivity index (χ1) is 7.02. The minimum Gasteiger partial charge on any atom is -0.324 e. The molecule has 0 aliphatic carbocycles. The van der Waals surface area contributed by atoms with Gasteiger partial charge >= 0.3 is 0 Å². The van der Waals surface area contributed by atoms with E-state index in [1.165, 1.54) is 0 Å². The van der Waals surface area contributed by atoms with Gasteiger partial charge in [0, 0.05) is 18.1 Å². The third kappa shape index (κ3) is 5.35. The number of aryl methyl sites for hydroxylation is 1. The van der Waals surface area contributed by atoms with E-state index in [0.29, 0.717) is 0 Å². The standard InChI is InChI=1S/C11H17N3O.2ClH/c1-7(2)10(12)11(15)14-9-4-5-13-6-8(9)3;;/h4-7,10H,12H2,1-3H3,(H,13,14,15);2*1H/t10-;;/m1../s1. The number of amides is 1. The van der Waals surface area contributed by atoms with Gasteiger partial charge in [-0.2, -0.15) is 0 Å². The maximum absolute atomic E-state index is 11.6. The van der Waals surface area contributed by atoms with Crippen LogP contribution in [-0.4, -0.2) is 16.9 Å². The molecule has 0 aromatic carbocycles. The Morgan fingerprint density at radius 1 is 1.41 bits per heavy atom. The lowest BCUT2D eigenvalue weighted by molar-refractivity contribution is -0.118. The van der Waals surface area contributed by atoms with E-state index in [2.05, 4.69) is 10.3 Å². The number of aromatic nitrogens is 1. The molecule has 6 heteroatoms. The van der Waals surface area contributed by atoms with Gasteiger partial charge in [0.25, 0.3) is 0 Å². The number of halogens is 2. The Morgan fingerprint density at radius 2 is 2.00 bits per heavy atom. The molecule has 98 valence electrons. The summed E-state index contributed by atoms with van der Waals surface area (Å²) in [6.07, 6.45) is 3.35. The van der Waals surface area contributed by atoms with Crippen molar-refractivity contribution in [1.82, 2.24) is 4.98 Å². The molecule has 0 fully saturated rings. The highest BCUT2D eigenvalue weighted by atomic mass is 35.5. The van der Waals surface area contributed by atoms with Crippen molar-refractivity contribution >= 4 is 36.4 Å². The fourth-order valence-corrected chi connectivity index (χ4v) is 1.13. The number of anilines is 1. The molecule has 0 spiro atoms. The summed E-state index contributed by atoms with van der Waals surface area (Å²) in [5.41, 5.74) is 7.43. The molecule has 0 unspecified atom stereocenters. The Kier molecular flexibility index (Phi) is 9.02. The quantitative estimate of drug-likeness (QED) is 0.891. The second kappa shape index (κ2) is 8.28. The summed E-state index contributed by atoms with van der Waals surface area (Å²) in [5, 5.41) is 2.79. The SMILES string of the molecule is Cc1cnccc1NC(=O)[C@H](N)C(C)C.Cl.Cl. The van der Waals surface area contributed by atoms with Gasteiger partial charge < -0.3 is 11.1 Å². The van der Waals surface area contributed by atoms with E-state index < -0.39 is 6.04 Å². The second-order valence-corrected chi connectivity index (χ2v) is 3.95. The van der Waals surface area contributed by atoms with Gasteiger partial charge in [0.15, 0.2) is 0 Å². The molecule has 0 bridgehead atoms. The number of nitrogens with one attached hydrogen (secondary N) is 1. The van der Waals surface area contributed by atoms with Crippen molar-refractivity contribution in [1.29, 1.82) is 0 Å². The van der Waals surface area contributed by atoms with E-state index in [1.807, 2.05) is 20.8 Å². The molecule has 17 heavy (non-hydrogen) atoms. The highest BCUT2D eigenvalue weighted by Gasteiger charge is 2.17. The van der Waals surface area contributed by atoms with Crippen LogP contribution in [0.5, 0.6) is 0 Å². The van der Waals surface area contributed by atoms with Crippen LogP contribution >= 0.6 is 24.8 Å². The predicted molar refractivity (Wildman–Crippen MR) is 74.9 cm³/mol. The number of rotatable bonds is 3. The van der Waals surface area contributed by atoms with E-state index in [4.69, 9.17) is 5.73 Å². The molecule has 1 atom stereocenters. The summed E-state index contributed by atoms with van der Waals surface area (Å²) in [4.78, 5) is 15.6. The largest absolute Gasteiger partial charge is 0.324 e. The Bertz CT molecular complexity index is 358. The van der Waals surface area contributed by atoms with Crippen LogP contribution in [0.25, 0.3) is 0 Å². The van der Waals surface area contributed by atoms with Gasteiger partial charge in [-0.1, -0.05) is 13.8 Å². The van der Waals surface area contributed by atoms with Crippen molar-refractivity contribution in [3.05, 3.63) is 24.0 Å². The van der Waals surface area contributed by atoms with Crippen molar-refractivity contribution in [2.75, 3.05) is 5.32 Å². The van der Waals surface area contributed by atoms with Crippen molar-refractivity contribution in [2.24, 2.45) is 11.7 Å². The number of nitrogens with two attached hydrogens (primary N) is 1. The highest BCUT2D eigenvalue weighted by Crippen LogP contribution is 2.12. The third-order valence-corrected chi connectivity index (χ3v) is 2.30. The molecule has 4 nitrogen and oxygen atoms in total. The number of hydrogen-bond acceptors (Lipinski definition) is 3. The molecule has 1 aromatic heterocycles. The van der Waals surface area contributed by atoms with Crippen molar-refractivity contribution < 1.29 is 4.79 Å². The lowest BCUT2D eigenvalue weighted by Gasteiger charge is -2.16. The summed E-state index contributed by atoms with van der Waals surface area (Å²) < 4.78 is 0. The van der Waals surface area contributed by atoms with Crippen LogP contribution < -0.4 is 11.1 Å². The summed E-state index contributed by atoms with van der Waals surface area (Å²) in [7, 11) is 0. The van der Waals surface area contributed by atoms with Crippen LogP contribution in [-0.2, 0) is 4.79 Å². The van der Waals surface area contributed by atoms with Gasteiger partial charge in [0.1, 0.15) is 0 Å². The fourth-order valence-electron chi connectivity index (χ4n) is 1.13. The van der Waals surface area contributed by atoms with E-state index in [-0.39, 0.29) is 36.6 Å². The molecule has 1 heterocycles. The zero-order valence-corrected chi connectivity index (χ0v) is 11.8. The third-order valence-electron chi connectivity index (χ3n) is 2.30. The van der Waals surface area contributed by atoms with Crippen LogP contribution in [0.15, 0.2) is 18.5 Å². The van der Waals surface area contributed by atoms with Crippen LogP contribution in [0, 0.1) is 12.8 Å². The fraction of sp³-hybridized carbons (Fsp3) is 0.455. The molecular weight excluding hydrogens is 261 g/mol. The molecule has 1 amide bonds. The smallest absolute Gasteiger partial charge is 0.241 e. The van der Waals surface area contributed by atoms with Gasteiger partial charge in [-0.3, -0.25) is 9.78 Å². The molecule has 0 saturated heterocycles. The molecule has 1 aromatic rings. The van der Waals surface area contributed by atoms with Crippen molar-refractivity contribution in [3.63, 3.8) is 0 Å². The number of carbonyl (C=O) groups excluding carboxylic acids is 1. The average molecular weight is 280 g/mol. The molecule has 0 saturated carbocycles. The second-order valence-electron chi connectivity index (χ2n) is 3.95. The Morgan fingerprint density at radius 3 is 2.47 bits per heavy atom. The van der Waals surface area contributed by atoms with Gasteiger partial charge in [0.2, 0.25) is 5.91 Å². The van der Waals surface area contributed by atoms with E-state index in [9.17, 15) is 4.79 Å². The topological polar surface area (TPSA) is 68.0 Å². The minimum absolute atomic E-state index is 0. The maximum atomic E-state index is 11.6. The van der Waals surface area contributed by atoms with E-state index in [1.54, 1.807) is 18.5 Å². The molecule has 0 radical (unpaired) electrons. The molecule has 0 aliphatic heterocycles. The van der Waals surface area contributed by atoms with Crippen LogP contribution in [0.3, 0.4) is 0 Å². The Labute approximate surface area is 114 Å². The van der Waals surface area contributed by atoms with Crippen LogP contribution in [0.1, 0.15) is 19.4 Å². The van der Waals surface area contributed by atoms with Gasteiger partial charge in [0.05, 0.1) is 6.04 Å². The lowest BCUT2D eigenvalue weighted by atomic mass is 10.0. The van der Waals surface area contributed by atoms with Gasteiger partial charge in [-0.05, 0) is 24.5 Å². The van der Waals surface area contributed by atoms with Crippen molar-refractivity contribution in [3.8, 4) is 0 Å². The minimum atomic E-state index is -0.474. The Hall–Kier alpha value is -0.840. The van der Waals surface area contributed by atoms with Crippen LogP contribution in [0.2, 0.25) is 0 Å². The number of pyridine rings is 1. The number of hydrogen-bond donors (Lipinski definition) is 2. The number of nitrogens with zero attached hydrogens (tertiary/aromatic N) is 1. The van der Waals surface area contributed by atoms with E-state index >= 15 is 0 Å². The molecule has 3 N–H and O–H groups in total. The number of carbonyl (C=O) groups is 1. The molecule has 0 aliphatic rings. The van der Waals surface area contributed by atoms with Gasteiger partial charge in [-0.25, -0.2) is 0 Å². The molecular formula is C11H19Cl2N3O. The highest BCUT2D eigenvalue weighted by molar-refractivity contribution is 5.95. The molecule has 1 rings (SSSR count). The lowest BCUT2D eigenvalue weighted by Crippen LogP contribution is -2.39. The maximum Gasteiger partial charge on any atom is 0.241 e. The first-order valence-electron chi connectivity index (χ1n) is 4.99. The zero-order chi connectivity index (χ0) is 11.4. The Balaban J connectivity index is 0. The normalized spacial score (nSPS) is 11.1. The summed E-state index contributed by atoms with van der Waals surface area (Å²) in [6, 6.07) is 1.29. The zero-order valence-electron chi connectivity index (χ0n) is 10.1. The summed E-state index contributed by atoms with van der Waals surface area (Å²) in [6.45, 7) is 5.73. The average Bonchev–Trinajstić information content (AvgIpc) is 2.20. The predicted octanol–water partition coefficient (Wildman–Crippen LogP) is 2.16. The monoisotopic (exact) mass is 279 g/mol. The van der Waals surface area contributed by atoms with Crippen LogP contribution in [0.4, 0.5) is 5.69 Å². The van der Waals surface area contributed by atoms with Crippen molar-refractivity contribution in [2.45, 2.75) is 26.8 Å².